The monoisotopic (exact) mass is 422 g/mol. The van der Waals surface area contributed by atoms with E-state index in [1.54, 1.807) is 128 Å². The third kappa shape index (κ3) is 5.99. The van der Waals surface area contributed by atoms with Gasteiger partial charge in [0, 0.05) is 13.2 Å². The molecule has 0 spiro atoms. The van der Waals surface area contributed by atoms with Crippen molar-refractivity contribution >= 4 is 13.2 Å². The summed E-state index contributed by atoms with van der Waals surface area (Å²) in [4.78, 5) is 8.89. The maximum atomic E-state index is 8.89. The van der Waals surface area contributed by atoms with Crippen LogP contribution in [0.15, 0.2) is 0 Å². The smallest absolute Gasteiger partial charge is 0.0705 e. The van der Waals surface area contributed by atoms with Gasteiger partial charge in [0.25, 0.3) is 0 Å². The summed E-state index contributed by atoms with van der Waals surface area (Å²) in [6, 6.07) is 0. The van der Waals surface area contributed by atoms with Crippen molar-refractivity contribution in [3.63, 3.8) is 0 Å². The first-order valence-corrected chi connectivity index (χ1v) is 15.3. The van der Waals surface area contributed by atoms with Crippen molar-refractivity contribution in [3.8, 4) is 0 Å². The number of carbonyl (C=O) groups is 1. The fourth-order valence-electron chi connectivity index (χ4n) is 7.90. The molecule has 29 heavy (non-hydrogen) atoms. The lowest BCUT2D eigenvalue weighted by molar-refractivity contribution is -0.302. The summed E-state index contributed by atoms with van der Waals surface area (Å²) in [6.45, 7) is 0.972. The van der Waals surface area contributed by atoms with Gasteiger partial charge in [0.2, 0.25) is 0 Å². The Morgan fingerprint density at radius 2 is 0.690 bits per heavy atom. The van der Waals surface area contributed by atoms with E-state index in [4.69, 9.17) is 9.90 Å². The molecule has 0 N–H and O–H groups in total. The van der Waals surface area contributed by atoms with Crippen molar-refractivity contribution in [2.45, 2.75) is 158 Å². The fourth-order valence-corrected chi connectivity index (χ4v) is 16.5. The second-order valence-corrected chi connectivity index (χ2v) is 15.3. The molecule has 0 amide bonds. The third-order valence-corrected chi connectivity index (χ3v) is 16.0. The number of hydrogen-bond acceptors (Lipinski definition) is 2. The maximum absolute atomic E-state index is 8.89. The van der Waals surface area contributed by atoms with Gasteiger partial charge >= 0.3 is 0 Å². The van der Waals surface area contributed by atoms with Gasteiger partial charge in [-0.25, -0.2) is 0 Å². The Morgan fingerprint density at radius 1 is 0.517 bits per heavy atom. The molecule has 0 bridgehead atoms. The van der Waals surface area contributed by atoms with E-state index in [0.717, 1.165) is 6.92 Å². The van der Waals surface area contributed by atoms with E-state index in [1.807, 2.05) is 0 Å². The van der Waals surface area contributed by atoms with Gasteiger partial charge in [-0.1, -0.05) is 25.7 Å². The van der Waals surface area contributed by atoms with E-state index < -0.39 is 13.2 Å². The fraction of sp³-hybridized carbons (Fsp3) is 0.962. The Kier molecular flexibility index (Phi) is 9.81. The first kappa shape index (κ1) is 23.6. The quantitative estimate of drug-likeness (QED) is 0.454. The minimum absolute atomic E-state index is 0.798. The van der Waals surface area contributed by atoms with Gasteiger partial charge < -0.3 is 9.90 Å². The summed E-state index contributed by atoms with van der Waals surface area (Å²) in [7, 11) is -0.798. The van der Waals surface area contributed by atoms with Crippen molar-refractivity contribution in [1.82, 2.24) is 0 Å². The predicted octanol–water partition coefficient (Wildman–Crippen LogP) is 7.09. The lowest BCUT2D eigenvalue weighted by atomic mass is 9.98. The van der Waals surface area contributed by atoms with Crippen LogP contribution in [0.2, 0.25) is 0 Å². The summed E-state index contributed by atoms with van der Waals surface area (Å²) in [5.41, 5.74) is 4.87. The summed E-state index contributed by atoms with van der Waals surface area (Å²) < 4.78 is 0. The molecular weight excluding hydrogens is 375 g/mol. The molecule has 4 rings (SSSR count). The molecule has 0 heterocycles. The Bertz CT molecular complexity index is 386. The average molecular weight is 423 g/mol. The van der Waals surface area contributed by atoms with Crippen molar-refractivity contribution < 1.29 is 9.90 Å². The zero-order valence-electron chi connectivity index (χ0n) is 19.2. The van der Waals surface area contributed by atoms with E-state index in [0.29, 0.717) is 0 Å². The number of aliphatic carboxylic acids is 1. The molecule has 0 aromatic heterocycles. The second-order valence-electron chi connectivity index (χ2n) is 10.6. The van der Waals surface area contributed by atoms with E-state index in [1.165, 1.54) is 22.6 Å². The van der Waals surface area contributed by atoms with Crippen molar-refractivity contribution in [2.24, 2.45) is 0 Å². The zero-order chi connectivity index (χ0) is 20.5. The van der Waals surface area contributed by atoms with Gasteiger partial charge in [0.1, 0.15) is 0 Å². The standard InChI is InChI=1S/C24H44P.C2H4O2/c1-5-13-21(14-6-1)25(22-15-7-2-8-16-22,23-17-9-3-10-18-23)24-19-11-4-12-20-24;1-2(3)4/h21-24H,1-20H2;1H3,(H,3,4)/q+1;/p-1. The van der Waals surface area contributed by atoms with Crippen LogP contribution in [0.25, 0.3) is 0 Å². The highest BCUT2D eigenvalue weighted by Crippen LogP contribution is 2.81. The largest absolute Gasteiger partial charge is 0.550 e. The molecule has 0 saturated heterocycles. The molecule has 0 aromatic carbocycles. The molecule has 0 unspecified atom stereocenters. The normalized spacial score (nSPS) is 26.5. The van der Waals surface area contributed by atoms with Crippen LogP contribution in [0.4, 0.5) is 0 Å². The first-order valence-electron chi connectivity index (χ1n) is 13.2. The van der Waals surface area contributed by atoms with Crippen LogP contribution in [0, 0.1) is 0 Å². The van der Waals surface area contributed by atoms with Crippen molar-refractivity contribution in [2.75, 3.05) is 0 Å². The van der Waals surface area contributed by atoms with Gasteiger partial charge in [0.15, 0.2) is 0 Å². The van der Waals surface area contributed by atoms with Crippen LogP contribution in [0.5, 0.6) is 0 Å². The summed E-state index contributed by atoms with van der Waals surface area (Å²) >= 11 is 0. The van der Waals surface area contributed by atoms with Crippen molar-refractivity contribution in [1.29, 1.82) is 0 Å². The van der Waals surface area contributed by atoms with Crippen LogP contribution in [-0.2, 0) is 4.79 Å². The van der Waals surface area contributed by atoms with Gasteiger partial charge in [-0.2, -0.15) is 0 Å². The Labute approximate surface area is 181 Å². The molecule has 0 atom stereocenters. The number of rotatable bonds is 4. The maximum Gasteiger partial charge on any atom is 0.0705 e. The third-order valence-electron chi connectivity index (χ3n) is 8.83. The van der Waals surface area contributed by atoms with E-state index >= 15 is 0 Å². The highest BCUT2D eigenvalue weighted by molar-refractivity contribution is 7.78. The molecule has 4 fully saturated rings. The van der Waals surface area contributed by atoms with Gasteiger partial charge in [-0.3, -0.25) is 0 Å². The Morgan fingerprint density at radius 3 is 0.862 bits per heavy atom. The Hall–Kier alpha value is -0.100. The Balaban J connectivity index is 0.000000552. The molecular formula is C26H47O2P. The van der Waals surface area contributed by atoms with Crippen LogP contribution in [0.1, 0.15) is 135 Å². The van der Waals surface area contributed by atoms with Crippen LogP contribution in [-0.4, -0.2) is 28.6 Å². The zero-order valence-corrected chi connectivity index (χ0v) is 20.1. The van der Waals surface area contributed by atoms with Crippen molar-refractivity contribution in [3.05, 3.63) is 0 Å². The minimum atomic E-state index is -1.08. The highest BCUT2D eigenvalue weighted by Gasteiger charge is 2.61. The number of hydrogen-bond donors (Lipinski definition) is 0. The first-order chi connectivity index (χ1) is 14.2. The number of carboxylic acid groups (broad SMARTS) is 1. The lowest BCUT2D eigenvalue weighted by Gasteiger charge is -2.53. The molecule has 2 nitrogen and oxygen atoms in total. The minimum Gasteiger partial charge on any atom is -0.550 e. The average Bonchev–Trinajstić information content (AvgIpc) is 2.77. The SMILES string of the molecule is C1CCC([P+](C2CCCCC2)(C2CCCCC2)C2CCCCC2)CC1.CC(=O)[O-]. The molecule has 3 heteroatoms. The predicted molar refractivity (Wildman–Crippen MR) is 125 cm³/mol. The number of carboxylic acids is 1. The molecule has 4 saturated carbocycles. The molecule has 168 valence electrons. The summed E-state index contributed by atoms with van der Waals surface area (Å²) in [6.07, 6.45) is 32.1. The number of carbonyl (C=O) groups excluding carboxylic acids is 1. The van der Waals surface area contributed by atoms with Crippen LogP contribution >= 0.6 is 7.26 Å². The summed E-state index contributed by atoms with van der Waals surface area (Å²) in [5, 5.41) is 8.89. The lowest BCUT2D eigenvalue weighted by Crippen LogP contribution is -2.42. The van der Waals surface area contributed by atoms with Gasteiger partial charge in [-0.15, -0.1) is 0 Å². The van der Waals surface area contributed by atoms with E-state index in [9.17, 15) is 0 Å². The topological polar surface area (TPSA) is 40.1 Å². The van der Waals surface area contributed by atoms with E-state index in [2.05, 4.69) is 0 Å². The second kappa shape index (κ2) is 12.1. The van der Waals surface area contributed by atoms with Crippen LogP contribution in [0.3, 0.4) is 0 Å². The molecule has 0 aromatic rings. The molecule has 4 aliphatic carbocycles. The molecule has 4 aliphatic rings. The highest BCUT2D eigenvalue weighted by atomic mass is 31.2. The van der Waals surface area contributed by atoms with Gasteiger partial charge in [-0.05, 0) is 110 Å². The van der Waals surface area contributed by atoms with Gasteiger partial charge in [0.05, 0.1) is 22.6 Å². The van der Waals surface area contributed by atoms with Crippen LogP contribution < -0.4 is 5.11 Å². The summed E-state index contributed by atoms with van der Waals surface area (Å²) in [5.74, 6) is -1.08. The molecule has 0 aliphatic heterocycles. The van der Waals surface area contributed by atoms with E-state index in [-0.39, 0.29) is 0 Å². The molecule has 0 radical (unpaired) electrons.